The lowest BCUT2D eigenvalue weighted by molar-refractivity contribution is 0.0349. The summed E-state index contributed by atoms with van der Waals surface area (Å²) in [6, 6.07) is 2.48. The Kier molecular flexibility index (Phi) is 5.26. The number of hydrogen-bond donors (Lipinski definition) is 3. The Balaban J connectivity index is 2.66. The van der Waals surface area contributed by atoms with Crippen LogP contribution in [-0.4, -0.2) is 39.5 Å². The van der Waals surface area contributed by atoms with Gasteiger partial charge >= 0.3 is 6.09 Å². The summed E-state index contributed by atoms with van der Waals surface area (Å²) in [6.45, 7) is 4.80. The van der Waals surface area contributed by atoms with Gasteiger partial charge in [0.1, 0.15) is 11.7 Å². The van der Waals surface area contributed by atoms with Gasteiger partial charge in [0.05, 0.1) is 12.6 Å². The minimum Gasteiger partial charge on any atom is -0.444 e. The lowest BCUT2D eigenvalue weighted by atomic mass is 10.1. The highest BCUT2D eigenvalue weighted by Crippen LogP contribution is 2.16. The first kappa shape index (κ1) is 15.4. The van der Waals surface area contributed by atoms with Gasteiger partial charge in [0.2, 0.25) is 0 Å². The number of rotatable bonds is 4. The van der Waals surface area contributed by atoms with Crippen LogP contribution in [0.5, 0.6) is 0 Å². The van der Waals surface area contributed by atoms with E-state index in [1.54, 1.807) is 39.1 Å². The zero-order chi connectivity index (χ0) is 14.5. The van der Waals surface area contributed by atoms with Crippen LogP contribution < -0.4 is 5.32 Å². The molecule has 0 radical (unpaired) electrons. The van der Waals surface area contributed by atoms with E-state index in [2.05, 4.69) is 10.3 Å². The second-order valence-electron chi connectivity index (χ2n) is 5.17. The zero-order valence-corrected chi connectivity index (χ0v) is 11.3. The molecule has 0 saturated carbocycles. The topological polar surface area (TPSA) is 91.7 Å². The fourth-order valence-electron chi connectivity index (χ4n) is 1.47. The molecule has 1 amide bonds. The van der Waals surface area contributed by atoms with E-state index >= 15 is 0 Å². The fourth-order valence-corrected chi connectivity index (χ4v) is 1.47. The van der Waals surface area contributed by atoms with E-state index in [9.17, 15) is 15.0 Å². The fraction of sp³-hybridized carbons (Fsp3) is 0.538. The molecule has 1 heterocycles. The third-order valence-electron chi connectivity index (χ3n) is 2.31. The van der Waals surface area contributed by atoms with Gasteiger partial charge in [-0.1, -0.05) is 6.07 Å². The molecule has 6 heteroatoms. The van der Waals surface area contributed by atoms with Crippen LogP contribution in [0.25, 0.3) is 0 Å². The van der Waals surface area contributed by atoms with Gasteiger partial charge in [-0.05, 0) is 26.8 Å². The Hall–Kier alpha value is -1.66. The molecule has 106 valence electrons. The zero-order valence-electron chi connectivity index (χ0n) is 11.3. The number of hydrogen-bond acceptors (Lipinski definition) is 5. The van der Waals surface area contributed by atoms with Crippen molar-refractivity contribution in [2.75, 3.05) is 6.61 Å². The maximum Gasteiger partial charge on any atom is 0.408 e. The van der Waals surface area contributed by atoms with Gasteiger partial charge in [-0.25, -0.2) is 4.79 Å². The molecule has 0 aliphatic heterocycles. The Morgan fingerprint density at radius 1 is 1.53 bits per heavy atom. The number of amides is 1. The Morgan fingerprint density at radius 2 is 2.21 bits per heavy atom. The molecule has 0 spiro atoms. The molecule has 0 saturated heterocycles. The van der Waals surface area contributed by atoms with Crippen LogP contribution in [0, 0.1) is 0 Å². The van der Waals surface area contributed by atoms with Crippen molar-refractivity contribution in [3.63, 3.8) is 0 Å². The highest BCUT2D eigenvalue weighted by Gasteiger charge is 2.25. The molecule has 0 aromatic carbocycles. The highest BCUT2D eigenvalue weighted by atomic mass is 16.6. The summed E-state index contributed by atoms with van der Waals surface area (Å²) in [7, 11) is 0. The van der Waals surface area contributed by atoms with Crippen LogP contribution in [0.2, 0.25) is 0 Å². The number of aromatic nitrogens is 1. The maximum absolute atomic E-state index is 11.6. The van der Waals surface area contributed by atoms with E-state index in [0.29, 0.717) is 5.56 Å². The summed E-state index contributed by atoms with van der Waals surface area (Å²) < 4.78 is 5.07. The second kappa shape index (κ2) is 6.49. The first-order valence-electron chi connectivity index (χ1n) is 6.02. The number of ether oxygens (including phenoxy) is 1. The average molecular weight is 268 g/mol. The van der Waals surface area contributed by atoms with Gasteiger partial charge in [-0.15, -0.1) is 0 Å². The summed E-state index contributed by atoms with van der Waals surface area (Å²) in [4.78, 5) is 15.5. The molecule has 3 N–H and O–H groups in total. The lowest BCUT2D eigenvalue weighted by Crippen LogP contribution is -2.44. The lowest BCUT2D eigenvalue weighted by Gasteiger charge is -2.25. The molecule has 0 aliphatic carbocycles. The van der Waals surface area contributed by atoms with Crippen LogP contribution in [-0.2, 0) is 4.74 Å². The van der Waals surface area contributed by atoms with Crippen molar-refractivity contribution in [1.29, 1.82) is 0 Å². The largest absolute Gasteiger partial charge is 0.444 e. The first-order chi connectivity index (χ1) is 8.83. The van der Waals surface area contributed by atoms with Crippen molar-refractivity contribution in [2.45, 2.75) is 38.5 Å². The average Bonchev–Trinajstić information content (AvgIpc) is 2.34. The number of pyridine rings is 1. The maximum atomic E-state index is 11.6. The molecule has 2 unspecified atom stereocenters. The molecule has 6 nitrogen and oxygen atoms in total. The van der Waals surface area contributed by atoms with Gasteiger partial charge in [0.25, 0.3) is 0 Å². The number of carbonyl (C=O) groups excluding carboxylic acids is 1. The molecule has 1 aromatic rings. The number of nitrogens with one attached hydrogen (secondary N) is 1. The first-order valence-corrected chi connectivity index (χ1v) is 6.02. The molecule has 0 bridgehead atoms. The number of nitrogens with zero attached hydrogens (tertiary/aromatic N) is 1. The van der Waals surface area contributed by atoms with E-state index in [-0.39, 0.29) is 0 Å². The third-order valence-corrected chi connectivity index (χ3v) is 2.31. The quantitative estimate of drug-likeness (QED) is 0.757. The van der Waals surface area contributed by atoms with Crippen molar-refractivity contribution < 1.29 is 19.7 Å². The Bertz CT molecular complexity index is 403. The van der Waals surface area contributed by atoms with Crippen molar-refractivity contribution in [1.82, 2.24) is 10.3 Å². The molecular weight excluding hydrogens is 248 g/mol. The van der Waals surface area contributed by atoms with Gasteiger partial charge in [-0.3, -0.25) is 4.98 Å². The summed E-state index contributed by atoms with van der Waals surface area (Å²) >= 11 is 0. The normalized spacial score (nSPS) is 14.6. The molecule has 2 atom stereocenters. The minimum absolute atomic E-state index is 0.407. The van der Waals surface area contributed by atoms with Gasteiger partial charge < -0.3 is 20.3 Å². The summed E-state index contributed by atoms with van der Waals surface area (Å²) in [5.41, 5.74) is -0.124. The number of carbonyl (C=O) groups is 1. The summed E-state index contributed by atoms with van der Waals surface area (Å²) in [5.74, 6) is 0. The van der Waals surface area contributed by atoms with Crippen molar-refractivity contribution in [2.24, 2.45) is 0 Å². The van der Waals surface area contributed by atoms with Crippen molar-refractivity contribution >= 4 is 6.09 Å². The molecule has 0 fully saturated rings. The minimum atomic E-state index is -1.05. The second-order valence-corrected chi connectivity index (χ2v) is 5.17. The van der Waals surface area contributed by atoms with E-state index in [4.69, 9.17) is 4.74 Å². The Morgan fingerprint density at radius 3 is 2.68 bits per heavy atom. The molecule has 19 heavy (non-hydrogen) atoms. The van der Waals surface area contributed by atoms with Crippen LogP contribution in [0.3, 0.4) is 0 Å². The van der Waals surface area contributed by atoms with E-state index in [1.807, 2.05) is 0 Å². The highest BCUT2D eigenvalue weighted by molar-refractivity contribution is 5.68. The SMILES string of the molecule is CC(C)(C)OC(=O)NC(CO)C(O)c1cccnc1. The Labute approximate surface area is 112 Å². The molecule has 0 aliphatic rings. The van der Waals surface area contributed by atoms with Crippen molar-refractivity contribution in [3.05, 3.63) is 30.1 Å². The van der Waals surface area contributed by atoms with Gasteiger partial charge in [0, 0.05) is 18.0 Å². The van der Waals surface area contributed by atoms with Crippen molar-refractivity contribution in [3.8, 4) is 0 Å². The van der Waals surface area contributed by atoms with E-state index < -0.39 is 30.4 Å². The van der Waals surface area contributed by atoms with Crippen LogP contribution in [0.15, 0.2) is 24.5 Å². The third kappa shape index (κ3) is 5.23. The smallest absolute Gasteiger partial charge is 0.408 e. The summed E-state index contributed by atoms with van der Waals surface area (Å²) in [5, 5.41) is 21.7. The van der Waals surface area contributed by atoms with Crippen LogP contribution in [0.1, 0.15) is 32.4 Å². The number of aliphatic hydroxyl groups excluding tert-OH is 2. The summed E-state index contributed by atoms with van der Waals surface area (Å²) in [6.07, 6.45) is 1.32. The van der Waals surface area contributed by atoms with Gasteiger partial charge in [-0.2, -0.15) is 0 Å². The van der Waals surface area contributed by atoms with E-state index in [0.717, 1.165) is 0 Å². The molecule has 1 rings (SSSR count). The monoisotopic (exact) mass is 268 g/mol. The predicted molar refractivity (Wildman–Crippen MR) is 69.4 cm³/mol. The molecule has 1 aromatic heterocycles. The number of aliphatic hydroxyl groups is 2. The van der Waals surface area contributed by atoms with Crippen LogP contribution in [0.4, 0.5) is 4.79 Å². The predicted octanol–water partition coefficient (Wildman–Crippen LogP) is 1.00. The number of alkyl carbamates (subject to hydrolysis) is 1. The molecular formula is C13H20N2O4. The standard InChI is InChI=1S/C13H20N2O4/c1-13(2,3)19-12(18)15-10(8-16)11(17)9-5-4-6-14-7-9/h4-7,10-11,16-17H,8H2,1-3H3,(H,15,18). The van der Waals surface area contributed by atoms with Gasteiger partial charge in [0.15, 0.2) is 0 Å². The van der Waals surface area contributed by atoms with Crippen LogP contribution >= 0.6 is 0 Å². The van der Waals surface area contributed by atoms with E-state index in [1.165, 1.54) is 6.20 Å².